The van der Waals surface area contributed by atoms with Crippen molar-refractivity contribution in [2.45, 2.75) is 13.0 Å². The van der Waals surface area contributed by atoms with E-state index in [1.807, 2.05) is 55.5 Å². The second-order valence-corrected chi connectivity index (χ2v) is 6.91. The number of nitrogens with one attached hydrogen (secondary N) is 2. The number of aryl methyl sites for hydroxylation is 1. The van der Waals surface area contributed by atoms with Crippen molar-refractivity contribution in [2.75, 3.05) is 0 Å². The fourth-order valence-corrected chi connectivity index (χ4v) is 3.27. The zero-order valence-corrected chi connectivity index (χ0v) is 15.5. The van der Waals surface area contributed by atoms with Gasteiger partial charge in [-0.2, -0.15) is 0 Å². The number of imidazole rings is 1. The number of benzene rings is 3. The highest BCUT2D eigenvalue weighted by molar-refractivity contribution is 6.30. The molecule has 4 rings (SSSR count). The molecule has 5 heteroatoms. The Morgan fingerprint density at radius 2 is 1.85 bits per heavy atom. The van der Waals surface area contributed by atoms with E-state index in [4.69, 9.17) is 16.6 Å². The molecule has 1 atom stereocenters. The quantitative estimate of drug-likeness (QED) is 0.524. The highest BCUT2D eigenvalue weighted by Crippen LogP contribution is 2.24. The summed E-state index contributed by atoms with van der Waals surface area (Å²) in [7, 11) is 0. The summed E-state index contributed by atoms with van der Waals surface area (Å²) >= 11 is 6.03. The average Bonchev–Trinajstić information content (AvgIpc) is 3.09. The highest BCUT2D eigenvalue weighted by atomic mass is 35.5. The smallest absolute Gasteiger partial charge is 0.252 e. The molecule has 0 bridgehead atoms. The van der Waals surface area contributed by atoms with Gasteiger partial charge < -0.3 is 10.3 Å². The van der Waals surface area contributed by atoms with E-state index in [2.05, 4.69) is 10.3 Å². The second-order valence-electron chi connectivity index (χ2n) is 6.47. The third-order valence-electron chi connectivity index (χ3n) is 4.42. The lowest BCUT2D eigenvalue weighted by Gasteiger charge is -2.17. The number of carbonyl (C=O) groups is 1. The van der Waals surface area contributed by atoms with Gasteiger partial charge in [0.1, 0.15) is 11.9 Å². The molecular weight excluding hydrogens is 358 g/mol. The monoisotopic (exact) mass is 375 g/mol. The number of fused-ring (bicyclic) bond motifs is 1. The van der Waals surface area contributed by atoms with E-state index in [9.17, 15) is 4.79 Å². The number of amides is 1. The molecule has 1 amide bonds. The van der Waals surface area contributed by atoms with Gasteiger partial charge in [-0.25, -0.2) is 4.98 Å². The molecule has 1 aromatic heterocycles. The van der Waals surface area contributed by atoms with E-state index in [0.29, 0.717) is 16.4 Å². The molecule has 3 aromatic carbocycles. The predicted molar refractivity (Wildman–Crippen MR) is 108 cm³/mol. The van der Waals surface area contributed by atoms with Crippen LogP contribution >= 0.6 is 11.6 Å². The zero-order chi connectivity index (χ0) is 18.8. The third-order valence-corrected chi connectivity index (χ3v) is 4.66. The van der Waals surface area contributed by atoms with Crippen molar-refractivity contribution >= 4 is 28.5 Å². The number of rotatable bonds is 4. The molecule has 0 fully saturated rings. The van der Waals surface area contributed by atoms with Crippen molar-refractivity contribution in [3.63, 3.8) is 0 Å². The maximum Gasteiger partial charge on any atom is 0.252 e. The Kier molecular flexibility index (Phi) is 4.65. The van der Waals surface area contributed by atoms with Crippen molar-refractivity contribution < 1.29 is 4.79 Å². The largest absolute Gasteiger partial charge is 0.340 e. The summed E-state index contributed by atoms with van der Waals surface area (Å²) in [6.07, 6.45) is 0. The third kappa shape index (κ3) is 3.71. The van der Waals surface area contributed by atoms with Gasteiger partial charge in [0.25, 0.3) is 5.91 Å². The van der Waals surface area contributed by atoms with Crippen LogP contribution in [0.3, 0.4) is 0 Å². The average molecular weight is 376 g/mol. The van der Waals surface area contributed by atoms with Gasteiger partial charge in [0.15, 0.2) is 0 Å². The SMILES string of the molecule is Cc1ccc2nc(C(NC(=O)c3cccc(Cl)c3)c3ccccc3)[nH]c2c1. The first-order valence-electron chi connectivity index (χ1n) is 8.68. The van der Waals surface area contributed by atoms with E-state index >= 15 is 0 Å². The van der Waals surface area contributed by atoms with Crippen LogP contribution in [0, 0.1) is 6.92 Å². The first-order chi connectivity index (χ1) is 13.1. The number of carbonyl (C=O) groups excluding carboxylic acids is 1. The van der Waals surface area contributed by atoms with Gasteiger partial charge in [-0.15, -0.1) is 0 Å². The van der Waals surface area contributed by atoms with Crippen LogP contribution in [0.4, 0.5) is 0 Å². The fourth-order valence-electron chi connectivity index (χ4n) is 3.08. The topological polar surface area (TPSA) is 57.8 Å². The van der Waals surface area contributed by atoms with Crippen LogP contribution < -0.4 is 5.32 Å². The summed E-state index contributed by atoms with van der Waals surface area (Å²) < 4.78 is 0. The number of hydrogen-bond donors (Lipinski definition) is 2. The van der Waals surface area contributed by atoms with Crippen LogP contribution in [0.1, 0.15) is 33.4 Å². The van der Waals surface area contributed by atoms with Crippen LogP contribution in [-0.2, 0) is 0 Å². The lowest BCUT2D eigenvalue weighted by atomic mass is 10.1. The van der Waals surface area contributed by atoms with Gasteiger partial charge >= 0.3 is 0 Å². The van der Waals surface area contributed by atoms with Gasteiger partial charge in [0.2, 0.25) is 0 Å². The number of H-pyrrole nitrogens is 1. The van der Waals surface area contributed by atoms with E-state index in [1.165, 1.54) is 0 Å². The summed E-state index contributed by atoms with van der Waals surface area (Å²) in [5.41, 5.74) is 4.42. The van der Waals surface area contributed by atoms with Gasteiger partial charge in [-0.1, -0.05) is 54.1 Å². The molecule has 0 radical (unpaired) electrons. The Hall–Kier alpha value is -3.11. The Morgan fingerprint density at radius 3 is 2.63 bits per heavy atom. The summed E-state index contributed by atoms with van der Waals surface area (Å²) in [5, 5.41) is 3.60. The summed E-state index contributed by atoms with van der Waals surface area (Å²) in [5.74, 6) is 0.486. The minimum absolute atomic E-state index is 0.206. The first kappa shape index (κ1) is 17.3. The Labute approximate surface area is 162 Å². The van der Waals surface area contributed by atoms with Gasteiger partial charge in [-0.3, -0.25) is 4.79 Å². The molecule has 0 saturated heterocycles. The summed E-state index contributed by atoms with van der Waals surface area (Å²) in [4.78, 5) is 20.9. The van der Waals surface area contributed by atoms with Crippen molar-refractivity contribution in [3.05, 3.63) is 100 Å². The van der Waals surface area contributed by atoms with Crippen molar-refractivity contribution in [1.29, 1.82) is 0 Å². The standard InChI is InChI=1S/C22H18ClN3O/c1-14-10-11-18-19(12-14)25-21(24-18)20(15-6-3-2-4-7-15)26-22(27)16-8-5-9-17(23)13-16/h2-13,20H,1H3,(H,24,25)(H,26,27). The molecule has 0 saturated carbocycles. The van der Waals surface area contributed by atoms with Crippen LogP contribution in [0.25, 0.3) is 11.0 Å². The lowest BCUT2D eigenvalue weighted by Crippen LogP contribution is -2.30. The molecule has 27 heavy (non-hydrogen) atoms. The van der Waals surface area contributed by atoms with Gasteiger partial charge in [-0.05, 0) is 48.4 Å². The van der Waals surface area contributed by atoms with Gasteiger partial charge in [0.05, 0.1) is 11.0 Å². The van der Waals surface area contributed by atoms with Crippen LogP contribution in [-0.4, -0.2) is 15.9 Å². The molecule has 4 nitrogen and oxygen atoms in total. The van der Waals surface area contributed by atoms with E-state index in [-0.39, 0.29) is 5.91 Å². The molecular formula is C22H18ClN3O. The van der Waals surface area contributed by atoms with E-state index in [1.54, 1.807) is 24.3 Å². The van der Waals surface area contributed by atoms with Gasteiger partial charge in [0, 0.05) is 10.6 Å². The molecule has 134 valence electrons. The molecule has 4 aromatic rings. The summed E-state index contributed by atoms with van der Waals surface area (Å²) in [6.45, 7) is 2.04. The minimum atomic E-state index is -0.398. The van der Waals surface area contributed by atoms with E-state index in [0.717, 1.165) is 22.2 Å². The van der Waals surface area contributed by atoms with Crippen molar-refractivity contribution in [1.82, 2.24) is 15.3 Å². The summed E-state index contributed by atoms with van der Waals surface area (Å²) in [6, 6.07) is 22.3. The normalized spacial score (nSPS) is 12.1. The maximum atomic E-state index is 12.8. The molecule has 0 aliphatic heterocycles. The first-order valence-corrected chi connectivity index (χ1v) is 9.05. The number of hydrogen-bond acceptors (Lipinski definition) is 2. The van der Waals surface area contributed by atoms with Crippen LogP contribution in [0.2, 0.25) is 5.02 Å². The number of aromatic nitrogens is 2. The molecule has 0 aliphatic carbocycles. The van der Waals surface area contributed by atoms with Crippen LogP contribution in [0.5, 0.6) is 0 Å². The van der Waals surface area contributed by atoms with Crippen molar-refractivity contribution in [2.24, 2.45) is 0 Å². The second kappa shape index (κ2) is 7.25. The molecule has 2 N–H and O–H groups in total. The van der Waals surface area contributed by atoms with Crippen molar-refractivity contribution in [3.8, 4) is 0 Å². The Morgan fingerprint density at radius 1 is 1.04 bits per heavy atom. The lowest BCUT2D eigenvalue weighted by molar-refractivity contribution is 0.0941. The minimum Gasteiger partial charge on any atom is -0.340 e. The number of nitrogens with zero attached hydrogens (tertiary/aromatic N) is 1. The zero-order valence-electron chi connectivity index (χ0n) is 14.7. The molecule has 0 spiro atoms. The van der Waals surface area contributed by atoms with E-state index < -0.39 is 6.04 Å². The Balaban J connectivity index is 1.73. The highest BCUT2D eigenvalue weighted by Gasteiger charge is 2.21. The number of halogens is 1. The van der Waals surface area contributed by atoms with Crippen LogP contribution in [0.15, 0.2) is 72.8 Å². The Bertz CT molecular complexity index is 1100. The predicted octanol–water partition coefficient (Wildman–Crippen LogP) is 5.04. The molecule has 1 heterocycles. The molecule has 1 unspecified atom stereocenters. The number of aromatic amines is 1. The fraction of sp³-hybridized carbons (Fsp3) is 0.0909. The maximum absolute atomic E-state index is 12.8. The molecule has 0 aliphatic rings.